The minimum Gasteiger partial charge on any atom is -0.338 e. The number of carbonyl (C=O) groups excluding carboxylic acids is 1. The van der Waals surface area contributed by atoms with Gasteiger partial charge < -0.3 is 4.90 Å². The van der Waals surface area contributed by atoms with E-state index in [9.17, 15) is 18.0 Å². The van der Waals surface area contributed by atoms with Crippen LogP contribution in [0.2, 0.25) is 0 Å². The molecule has 0 aromatic carbocycles. The van der Waals surface area contributed by atoms with E-state index in [-0.39, 0.29) is 41.4 Å². The number of hydrogen-bond donors (Lipinski definition) is 0. The van der Waals surface area contributed by atoms with Gasteiger partial charge in [0.05, 0.1) is 33.4 Å². The van der Waals surface area contributed by atoms with E-state index in [2.05, 4.69) is 31.1 Å². The molecule has 0 aliphatic heterocycles. The average molecular weight is 473 g/mol. The monoisotopic (exact) mass is 472 g/mol. The lowest BCUT2D eigenvalue weighted by Crippen LogP contribution is -2.30. The first kappa shape index (κ1) is 21.3. The van der Waals surface area contributed by atoms with Gasteiger partial charge in [-0.15, -0.1) is 0 Å². The molecular weight excluding hydrogens is 453 g/mol. The SMILES string of the molecule is CCn1cc(Br)c(CN(C)C(=O)Cn2nc(C)c3c(C(F)(F)F)cc(C)nc32)n1. The van der Waals surface area contributed by atoms with Crippen molar-refractivity contribution in [3.63, 3.8) is 0 Å². The molecule has 11 heteroatoms. The van der Waals surface area contributed by atoms with E-state index < -0.39 is 11.7 Å². The number of nitrogens with zero attached hydrogens (tertiary/aromatic N) is 6. The van der Waals surface area contributed by atoms with E-state index in [1.54, 1.807) is 11.7 Å². The lowest BCUT2D eigenvalue weighted by atomic mass is 10.1. The molecule has 0 aliphatic rings. The van der Waals surface area contributed by atoms with E-state index >= 15 is 0 Å². The van der Waals surface area contributed by atoms with Crippen molar-refractivity contribution in [2.45, 2.75) is 46.6 Å². The smallest absolute Gasteiger partial charge is 0.338 e. The summed E-state index contributed by atoms with van der Waals surface area (Å²) in [6.07, 6.45) is -2.71. The summed E-state index contributed by atoms with van der Waals surface area (Å²) in [5.41, 5.74) is 0.338. The Kier molecular flexibility index (Phi) is 5.70. The standard InChI is InChI=1S/C18H20BrF3N6O/c1-5-27-7-13(19)14(25-27)8-26(4)15(29)9-28-17-16(11(3)24-28)12(18(20,21)22)6-10(2)23-17/h6-7H,5,8-9H2,1-4H3. The van der Waals surface area contributed by atoms with Crippen LogP contribution >= 0.6 is 15.9 Å². The molecule has 1 amide bonds. The topological polar surface area (TPSA) is 68.8 Å². The molecular formula is C18H20BrF3N6O. The normalized spacial score (nSPS) is 12.0. The predicted octanol–water partition coefficient (Wildman–Crippen LogP) is 3.70. The molecule has 0 atom stereocenters. The van der Waals surface area contributed by atoms with Crippen molar-refractivity contribution < 1.29 is 18.0 Å². The lowest BCUT2D eigenvalue weighted by Gasteiger charge is -2.16. The van der Waals surface area contributed by atoms with Gasteiger partial charge in [-0.05, 0) is 42.8 Å². The molecule has 0 saturated carbocycles. The number of amides is 1. The zero-order valence-corrected chi connectivity index (χ0v) is 18.0. The first-order chi connectivity index (χ1) is 13.5. The van der Waals surface area contributed by atoms with E-state index in [0.29, 0.717) is 12.2 Å². The number of hydrogen-bond acceptors (Lipinski definition) is 4. The van der Waals surface area contributed by atoms with Crippen molar-refractivity contribution in [1.82, 2.24) is 29.4 Å². The third kappa shape index (κ3) is 4.29. The van der Waals surface area contributed by atoms with Crippen molar-refractivity contribution in [2.75, 3.05) is 7.05 Å². The number of rotatable bonds is 5. The van der Waals surface area contributed by atoms with Crippen LogP contribution < -0.4 is 0 Å². The summed E-state index contributed by atoms with van der Waals surface area (Å²) in [5, 5.41) is 8.44. The minimum atomic E-state index is -4.53. The summed E-state index contributed by atoms with van der Waals surface area (Å²) in [4.78, 5) is 18.3. The summed E-state index contributed by atoms with van der Waals surface area (Å²) in [5.74, 6) is -0.316. The maximum absolute atomic E-state index is 13.4. The fourth-order valence-electron chi connectivity index (χ4n) is 3.08. The molecule has 3 rings (SSSR count). The minimum absolute atomic E-state index is 0.0491. The number of aromatic nitrogens is 5. The van der Waals surface area contributed by atoms with Gasteiger partial charge in [-0.2, -0.15) is 23.4 Å². The van der Waals surface area contributed by atoms with Gasteiger partial charge in [0, 0.05) is 25.5 Å². The Labute approximate surface area is 173 Å². The van der Waals surface area contributed by atoms with E-state index in [1.807, 2.05) is 13.1 Å². The van der Waals surface area contributed by atoms with E-state index in [4.69, 9.17) is 0 Å². The molecule has 29 heavy (non-hydrogen) atoms. The second-order valence-corrected chi connectivity index (χ2v) is 7.63. The Balaban J connectivity index is 1.88. The third-order valence-electron chi connectivity index (χ3n) is 4.52. The summed E-state index contributed by atoms with van der Waals surface area (Å²) in [7, 11) is 1.61. The fraction of sp³-hybridized carbons (Fsp3) is 0.444. The van der Waals surface area contributed by atoms with Crippen molar-refractivity contribution in [3.8, 4) is 0 Å². The van der Waals surface area contributed by atoms with Crippen molar-refractivity contribution in [3.05, 3.63) is 39.4 Å². The number of likely N-dealkylation sites (N-methyl/N-ethyl adjacent to an activating group) is 1. The highest BCUT2D eigenvalue weighted by molar-refractivity contribution is 9.10. The maximum Gasteiger partial charge on any atom is 0.417 e. The van der Waals surface area contributed by atoms with Crippen molar-refractivity contribution >= 4 is 32.9 Å². The van der Waals surface area contributed by atoms with E-state index in [0.717, 1.165) is 10.5 Å². The fourth-order valence-corrected chi connectivity index (χ4v) is 3.52. The summed E-state index contributed by atoms with van der Waals surface area (Å²) in [6, 6.07) is 0.997. The first-order valence-corrected chi connectivity index (χ1v) is 9.68. The molecule has 3 aromatic heterocycles. The van der Waals surface area contributed by atoms with Crippen LogP contribution in [-0.2, 0) is 30.6 Å². The van der Waals surface area contributed by atoms with Gasteiger partial charge >= 0.3 is 6.18 Å². The number of pyridine rings is 1. The van der Waals surface area contributed by atoms with Crippen LogP contribution in [0, 0.1) is 13.8 Å². The van der Waals surface area contributed by atoms with Crippen LogP contribution in [-0.4, -0.2) is 42.4 Å². The highest BCUT2D eigenvalue weighted by Gasteiger charge is 2.35. The first-order valence-electron chi connectivity index (χ1n) is 8.89. The molecule has 3 heterocycles. The van der Waals surface area contributed by atoms with Gasteiger partial charge in [-0.1, -0.05) is 0 Å². The Morgan fingerprint density at radius 3 is 2.55 bits per heavy atom. The zero-order valence-electron chi connectivity index (χ0n) is 16.4. The number of alkyl halides is 3. The molecule has 0 bridgehead atoms. The van der Waals surface area contributed by atoms with Gasteiger partial charge in [0.2, 0.25) is 5.91 Å². The summed E-state index contributed by atoms with van der Waals surface area (Å²) < 4.78 is 44.1. The Morgan fingerprint density at radius 2 is 1.97 bits per heavy atom. The van der Waals surface area contributed by atoms with Crippen LogP contribution in [0.15, 0.2) is 16.7 Å². The predicted molar refractivity (Wildman–Crippen MR) is 104 cm³/mol. The molecule has 0 saturated heterocycles. The molecule has 0 spiro atoms. The Morgan fingerprint density at radius 1 is 1.28 bits per heavy atom. The highest BCUT2D eigenvalue weighted by atomic mass is 79.9. The average Bonchev–Trinajstić information content (AvgIpc) is 3.13. The molecule has 3 aromatic rings. The Hall–Kier alpha value is -2.43. The zero-order chi connectivity index (χ0) is 21.5. The van der Waals surface area contributed by atoms with Crippen LogP contribution in [0.1, 0.15) is 29.6 Å². The van der Waals surface area contributed by atoms with Crippen LogP contribution in [0.25, 0.3) is 11.0 Å². The van der Waals surface area contributed by atoms with Crippen molar-refractivity contribution in [1.29, 1.82) is 0 Å². The number of halogens is 4. The van der Waals surface area contributed by atoms with Crippen LogP contribution in [0.4, 0.5) is 13.2 Å². The Bertz CT molecular complexity index is 1070. The number of carbonyl (C=O) groups is 1. The second-order valence-electron chi connectivity index (χ2n) is 6.78. The van der Waals surface area contributed by atoms with Crippen LogP contribution in [0.3, 0.4) is 0 Å². The molecule has 0 unspecified atom stereocenters. The van der Waals surface area contributed by atoms with Gasteiger partial charge in [0.25, 0.3) is 0 Å². The molecule has 156 valence electrons. The van der Waals surface area contributed by atoms with Gasteiger partial charge in [-0.25, -0.2) is 9.67 Å². The molecule has 0 aliphatic carbocycles. The number of fused-ring (bicyclic) bond motifs is 1. The second kappa shape index (κ2) is 7.77. The molecule has 7 nitrogen and oxygen atoms in total. The summed E-state index contributed by atoms with van der Waals surface area (Å²) >= 11 is 3.42. The largest absolute Gasteiger partial charge is 0.417 e. The summed E-state index contributed by atoms with van der Waals surface area (Å²) in [6.45, 7) is 5.64. The maximum atomic E-state index is 13.4. The van der Waals surface area contributed by atoms with Gasteiger partial charge in [0.15, 0.2) is 5.65 Å². The number of aryl methyl sites for hydroxylation is 3. The van der Waals surface area contributed by atoms with Crippen molar-refractivity contribution in [2.24, 2.45) is 0 Å². The van der Waals surface area contributed by atoms with Gasteiger partial charge in [0.1, 0.15) is 6.54 Å². The molecule has 0 fully saturated rings. The van der Waals surface area contributed by atoms with Crippen LogP contribution in [0.5, 0.6) is 0 Å². The third-order valence-corrected chi connectivity index (χ3v) is 5.18. The highest BCUT2D eigenvalue weighted by Crippen LogP contribution is 2.36. The van der Waals surface area contributed by atoms with Gasteiger partial charge in [-0.3, -0.25) is 9.48 Å². The molecule has 0 radical (unpaired) electrons. The quantitative estimate of drug-likeness (QED) is 0.567. The van der Waals surface area contributed by atoms with E-state index in [1.165, 1.54) is 23.4 Å². The lowest BCUT2D eigenvalue weighted by molar-refractivity contribution is -0.136. The molecule has 0 N–H and O–H groups in total.